The number of hydrogen-bond donors (Lipinski definition) is 3. The van der Waals surface area contributed by atoms with Gasteiger partial charge in [-0.3, -0.25) is 19.2 Å². The lowest BCUT2D eigenvalue weighted by atomic mass is 10.1. The third-order valence-electron chi connectivity index (χ3n) is 6.46. The van der Waals surface area contributed by atoms with Crippen LogP contribution in [0.3, 0.4) is 0 Å². The van der Waals surface area contributed by atoms with Crippen molar-refractivity contribution in [3.05, 3.63) is 112 Å². The molecule has 1 unspecified atom stereocenters. The molecule has 0 aliphatic rings. The Labute approximate surface area is 270 Å². The van der Waals surface area contributed by atoms with Crippen molar-refractivity contribution >= 4 is 63.7 Å². The van der Waals surface area contributed by atoms with E-state index in [9.17, 15) is 19.2 Å². The van der Waals surface area contributed by atoms with Gasteiger partial charge in [-0.1, -0.05) is 55.5 Å². The smallest absolute Gasteiger partial charge is 0.311 e. The summed E-state index contributed by atoms with van der Waals surface area (Å²) in [5, 5.41) is 10.2. The van der Waals surface area contributed by atoms with E-state index in [0.717, 1.165) is 16.0 Å². The van der Waals surface area contributed by atoms with Crippen molar-refractivity contribution < 1.29 is 23.9 Å². The van der Waals surface area contributed by atoms with Gasteiger partial charge in [0.1, 0.15) is 5.70 Å². The number of hydrogen-bond acceptors (Lipinski definition) is 8. The Kier molecular flexibility index (Phi) is 12.1. The number of benzene rings is 3. The molecule has 4 aromatic rings. The first-order valence-corrected chi connectivity index (χ1v) is 16.1. The van der Waals surface area contributed by atoms with Crippen LogP contribution in [0.15, 0.2) is 94.8 Å². The molecule has 9 nitrogen and oxygen atoms in total. The molecule has 4 rings (SSSR count). The van der Waals surface area contributed by atoms with Crippen LogP contribution in [0.5, 0.6) is 0 Å². The topological polar surface area (TPSA) is 126 Å². The van der Waals surface area contributed by atoms with Crippen LogP contribution in [0.25, 0.3) is 6.08 Å². The maximum absolute atomic E-state index is 13.5. The fourth-order valence-electron chi connectivity index (χ4n) is 4.17. The van der Waals surface area contributed by atoms with Crippen molar-refractivity contribution in [2.45, 2.75) is 43.8 Å². The minimum absolute atomic E-state index is 0.0441. The summed E-state index contributed by atoms with van der Waals surface area (Å²) in [6.45, 7) is 5.88. The van der Waals surface area contributed by atoms with Crippen molar-refractivity contribution in [1.29, 1.82) is 0 Å². The number of aromatic nitrogens is 1. The highest BCUT2D eigenvalue weighted by molar-refractivity contribution is 8.00. The minimum atomic E-state index is -0.489. The molecule has 0 saturated carbocycles. The zero-order chi connectivity index (χ0) is 32.2. The molecule has 1 heterocycles. The molecule has 0 spiro atoms. The lowest BCUT2D eigenvalue weighted by Gasteiger charge is -2.15. The van der Waals surface area contributed by atoms with E-state index >= 15 is 0 Å². The maximum Gasteiger partial charge on any atom is 0.311 e. The molecule has 1 aromatic heterocycles. The molecule has 0 radical (unpaired) electrons. The number of carbonyl (C=O) groups excluding carboxylic acids is 4. The summed E-state index contributed by atoms with van der Waals surface area (Å²) in [6.07, 6.45) is 2.24. The minimum Gasteiger partial charge on any atom is -0.466 e. The zero-order valence-corrected chi connectivity index (χ0v) is 26.8. The quantitative estimate of drug-likeness (QED) is 0.0866. The third kappa shape index (κ3) is 9.88. The number of thiazole rings is 1. The number of carbonyl (C=O) groups is 4. The second-order valence-electron chi connectivity index (χ2n) is 9.85. The Morgan fingerprint density at radius 1 is 0.956 bits per heavy atom. The predicted molar refractivity (Wildman–Crippen MR) is 179 cm³/mol. The highest BCUT2D eigenvalue weighted by Crippen LogP contribution is 2.29. The van der Waals surface area contributed by atoms with Gasteiger partial charge in [0.05, 0.1) is 24.0 Å². The van der Waals surface area contributed by atoms with Crippen LogP contribution in [0.4, 0.5) is 10.8 Å². The van der Waals surface area contributed by atoms with E-state index in [4.69, 9.17) is 4.74 Å². The summed E-state index contributed by atoms with van der Waals surface area (Å²) in [5.74, 6) is -1.48. The summed E-state index contributed by atoms with van der Waals surface area (Å²) in [6, 6.07) is 23.4. The Hall–Kier alpha value is -4.74. The van der Waals surface area contributed by atoms with Gasteiger partial charge < -0.3 is 20.7 Å². The second kappa shape index (κ2) is 16.4. The number of rotatable bonds is 13. The summed E-state index contributed by atoms with van der Waals surface area (Å²) >= 11 is 2.60. The lowest BCUT2D eigenvalue weighted by molar-refractivity contribution is -0.142. The molecule has 3 N–H and O–H groups in total. The first-order valence-electron chi connectivity index (χ1n) is 14.4. The summed E-state index contributed by atoms with van der Waals surface area (Å²) < 4.78 is 4.96. The Morgan fingerprint density at radius 3 is 2.44 bits per heavy atom. The first-order chi connectivity index (χ1) is 21.7. The molecule has 0 fully saturated rings. The van der Waals surface area contributed by atoms with Gasteiger partial charge in [0.2, 0.25) is 5.91 Å². The summed E-state index contributed by atoms with van der Waals surface area (Å²) in [4.78, 5) is 56.4. The van der Waals surface area contributed by atoms with E-state index in [1.54, 1.807) is 60.8 Å². The lowest BCUT2D eigenvalue weighted by Crippen LogP contribution is -2.30. The van der Waals surface area contributed by atoms with Crippen LogP contribution >= 0.6 is 23.1 Å². The van der Waals surface area contributed by atoms with Crippen LogP contribution in [-0.4, -0.2) is 40.5 Å². The molecule has 0 saturated heterocycles. The van der Waals surface area contributed by atoms with E-state index in [-0.39, 0.29) is 24.0 Å². The maximum atomic E-state index is 13.5. The molecule has 0 aliphatic heterocycles. The monoisotopic (exact) mass is 642 g/mol. The molecule has 3 amide bonds. The number of nitrogens with zero attached hydrogens (tertiary/aromatic N) is 1. The van der Waals surface area contributed by atoms with Crippen LogP contribution in [0.2, 0.25) is 0 Å². The SMILES string of the molecule is CCOC(=O)Cc1csc(NC(=O)C(CC)Sc2cccc(NC(=O)/C(=C/c3ccccc3C)NC(=O)c3ccccc3)c2)n1. The van der Waals surface area contributed by atoms with Gasteiger partial charge in [-0.05, 0) is 67.8 Å². The Balaban J connectivity index is 1.45. The number of nitrogens with one attached hydrogen (secondary N) is 3. The molecular formula is C34H34N4O5S2. The number of thioether (sulfide) groups is 1. The summed E-state index contributed by atoms with van der Waals surface area (Å²) in [7, 11) is 0. The summed E-state index contributed by atoms with van der Waals surface area (Å²) in [5.41, 5.74) is 3.31. The van der Waals surface area contributed by atoms with Crippen molar-refractivity contribution in [3.8, 4) is 0 Å². The van der Waals surface area contributed by atoms with Crippen molar-refractivity contribution in [3.63, 3.8) is 0 Å². The van der Waals surface area contributed by atoms with Gasteiger partial charge in [0, 0.05) is 21.5 Å². The predicted octanol–water partition coefficient (Wildman–Crippen LogP) is 6.48. The second-order valence-corrected chi connectivity index (χ2v) is 12.0. The van der Waals surface area contributed by atoms with Crippen LogP contribution in [-0.2, 0) is 25.5 Å². The largest absolute Gasteiger partial charge is 0.466 e. The van der Waals surface area contributed by atoms with Crippen molar-refractivity contribution in [1.82, 2.24) is 10.3 Å². The van der Waals surface area contributed by atoms with Crippen molar-refractivity contribution in [2.75, 3.05) is 17.2 Å². The molecule has 1 atom stereocenters. The standard InChI is InChI=1S/C34H34N4O5S2/c1-4-29(33(42)38-34-36-26(21-44-34)20-30(39)43-5-2)45-27-17-11-16-25(19-27)35-32(41)28(18-24-15-10-9-12-22(24)3)37-31(40)23-13-7-6-8-14-23/h6-19,21,29H,4-5,20H2,1-3H3,(H,35,41)(H,37,40)(H,36,38,42)/b28-18-. The number of ether oxygens (including phenoxy) is 1. The molecule has 11 heteroatoms. The molecule has 0 aliphatic carbocycles. The van der Waals surface area contributed by atoms with E-state index in [2.05, 4.69) is 20.9 Å². The molecule has 0 bridgehead atoms. The molecule has 3 aromatic carbocycles. The third-order valence-corrected chi connectivity index (χ3v) is 8.63. The van der Waals surface area contributed by atoms with Gasteiger partial charge in [0.15, 0.2) is 5.13 Å². The van der Waals surface area contributed by atoms with Gasteiger partial charge in [-0.2, -0.15) is 0 Å². The van der Waals surface area contributed by atoms with Gasteiger partial charge in [-0.25, -0.2) is 4.98 Å². The zero-order valence-electron chi connectivity index (χ0n) is 25.2. The fraction of sp³-hybridized carbons (Fsp3) is 0.206. The number of esters is 1. The number of anilines is 2. The van der Waals surface area contributed by atoms with Crippen LogP contribution < -0.4 is 16.0 Å². The number of aryl methyl sites for hydroxylation is 1. The average Bonchev–Trinajstić information content (AvgIpc) is 3.47. The highest BCUT2D eigenvalue weighted by Gasteiger charge is 2.21. The van der Waals surface area contributed by atoms with Crippen LogP contribution in [0, 0.1) is 6.92 Å². The van der Waals surface area contributed by atoms with E-state index < -0.39 is 17.1 Å². The first kappa shape index (κ1) is 33.2. The van der Waals surface area contributed by atoms with E-state index in [1.165, 1.54) is 23.1 Å². The van der Waals surface area contributed by atoms with E-state index in [1.807, 2.05) is 50.2 Å². The van der Waals surface area contributed by atoms with E-state index in [0.29, 0.717) is 35.1 Å². The van der Waals surface area contributed by atoms with Gasteiger partial charge >= 0.3 is 5.97 Å². The molecule has 45 heavy (non-hydrogen) atoms. The Morgan fingerprint density at radius 2 is 1.71 bits per heavy atom. The van der Waals surface area contributed by atoms with Gasteiger partial charge in [-0.15, -0.1) is 23.1 Å². The highest BCUT2D eigenvalue weighted by atomic mass is 32.2. The Bertz CT molecular complexity index is 1690. The average molecular weight is 643 g/mol. The van der Waals surface area contributed by atoms with Crippen molar-refractivity contribution in [2.24, 2.45) is 0 Å². The van der Waals surface area contributed by atoms with Gasteiger partial charge in [0.25, 0.3) is 11.8 Å². The fourth-order valence-corrected chi connectivity index (χ4v) is 5.90. The molecular weight excluding hydrogens is 609 g/mol. The normalized spacial score (nSPS) is 11.8. The van der Waals surface area contributed by atoms with Crippen LogP contribution in [0.1, 0.15) is 47.4 Å². The number of amides is 3. The molecule has 232 valence electrons.